The Balaban J connectivity index is 0.00000245. The van der Waals surface area contributed by atoms with Gasteiger partial charge in [0.1, 0.15) is 0 Å². The summed E-state index contributed by atoms with van der Waals surface area (Å²) in [4.78, 5) is 51.9. The van der Waals surface area contributed by atoms with E-state index in [2.05, 4.69) is 49.2 Å². The van der Waals surface area contributed by atoms with E-state index in [-0.39, 0.29) is 22.3 Å². The molecule has 3 rings (SSSR count). The summed E-state index contributed by atoms with van der Waals surface area (Å²) < 4.78 is 11.0. The number of benzene rings is 3. The van der Waals surface area contributed by atoms with Crippen LogP contribution in [0, 0.1) is 24.7 Å². The Morgan fingerprint density at radius 3 is 1.04 bits per heavy atom. The van der Waals surface area contributed by atoms with Crippen molar-refractivity contribution >= 4 is 35.1 Å². The van der Waals surface area contributed by atoms with Crippen LogP contribution in [0.3, 0.4) is 0 Å². The number of carbonyl (C=O) groups excluding carboxylic acids is 4. The summed E-state index contributed by atoms with van der Waals surface area (Å²) in [5, 5.41) is 5.63. The van der Waals surface area contributed by atoms with Gasteiger partial charge in [-0.05, 0) is 75.2 Å². The van der Waals surface area contributed by atoms with E-state index in [0.29, 0.717) is 24.6 Å². The van der Waals surface area contributed by atoms with Crippen LogP contribution in [0.15, 0.2) is 72.8 Å². The zero-order valence-electron chi connectivity index (χ0n) is 34.3. The predicted octanol–water partition coefficient (Wildman–Crippen LogP) is 12.1. The highest BCUT2D eigenvalue weighted by Gasteiger charge is 2.20. The molecule has 0 aliphatic heterocycles. The van der Waals surface area contributed by atoms with Crippen LogP contribution >= 0.6 is 0 Å². The van der Waals surface area contributed by atoms with Gasteiger partial charge in [0.25, 0.3) is 11.8 Å². The number of esters is 2. The van der Waals surface area contributed by atoms with Gasteiger partial charge in [0, 0.05) is 11.4 Å². The zero-order valence-corrected chi connectivity index (χ0v) is 34.3. The Morgan fingerprint density at radius 1 is 0.464 bits per heavy atom. The van der Waals surface area contributed by atoms with Crippen LogP contribution in [0.5, 0.6) is 0 Å². The van der Waals surface area contributed by atoms with Crippen molar-refractivity contribution in [1.82, 2.24) is 0 Å². The van der Waals surface area contributed by atoms with Gasteiger partial charge in [-0.2, -0.15) is 0 Å². The van der Waals surface area contributed by atoms with Gasteiger partial charge in [-0.1, -0.05) is 128 Å². The van der Waals surface area contributed by atoms with Crippen molar-refractivity contribution in [3.8, 4) is 24.7 Å². The van der Waals surface area contributed by atoms with Gasteiger partial charge >= 0.3 is 11.9 Å². The molecule has 0 spiro atoms. The fourth-order valence-corrected chi connectivity index (χ4v) is 5.71. The maximum absolute atomic E-state index is 13.2. The van der Waals surface area contributed by atoms with Gasteiger partial charge in [-0.3, -0.25) is 9.59 Å². The molecular weight excluding hydrogens is 701 g/mol. The third-order valence-electron chi connectivity index (χ3n) is 8.65. The summed E-state index contributed by atoms with van der Waals surface area (Å²) >= 11 is 0. The number of unbranched alkanes of at least 4 members (excludes halogenated alkanes) is 14. The minimum absolute atomic E-state index is 0.212. The number of terminal acetylenes is 2. The average molecular weight is 765 g/mol. The van der Waals surface area contributed by atoms with Gasteiger partial charge in [0.2, 0.25) is 0 Å². The molecule has 0 aliphatic carbocycles. The van der Waals surface area contributed by atoms with Crippen LogP contribution in [0.1, 0.15) is 172 Å². The van der Waals surface area contributed by atoms with Crippen molar-refractivity contribution in [3.63, 3.8) is 0 Å². The molecule has 56 heavy (non-hydrogen) atoms. The van der Waals surface area contributed by atoms with Crippen LogP contribution in [0.25, 0.3) is 0 Å². The molecule has 302 valence electrons. The number of anilines is 2. The first-order chi connectivity index (χ1) is 27.3. The van der Waals surface area contributed by atoms with E-state index in [4.69, 9.17) is 9.47 Å². The second-order valence-corrected chi connectivity index (χ2v) is 13.4. The smallest absolute Gasteiger partial charge is 0.338 e. The van der Waals surface area contributed by atoms with Crippen LogP contribution in [0.4, 0.5) is 11.4 Å². The van der Waals surface area contributed by atoms with E-state index in [1.54, 1.807) is 86.6 Å². The van der Waals surface area contributed by atoms with Crippen molar-refractivity contribution in [2.24, 2.45) is 0 Å². The van der Waals surface area contributed by atoms with Crippen LogP contribution < -0.4 is 10.6 Å². The van der Waals surface area contributed by atoms with Crippen molar-refractivity contribution in [1.29, 1.82) is 0 Å². The van der Waals surface area contributed by atoms with Crippen LogP contribution in [-0.4, -0.2) is 37.0 Å². The van der Waals surface area contributed by atoms with E-state index in [1.165, 1.54) is 64.2 Å². The Labute approximate surface area is 336 Å². The predicted molar refractivity (Wildman–Crippen MR) is 230 cm³/mol. The molecule has 8 nitrogen and oxygen atoms in total. The number of amides is 2. The monoisotopic (exact) mass is 764 g/mol. The van der Waals surface area contributed by atoms with Crippen molar-refractivity contribution in [2.45, 2.75) is 130 Å². The van der Waals surface area contributed by atoms with E-state index in [9.17, 15) is 19.2 Å². The summed E-state index contributed by atoms with van der Waals surface area (Å²) in [6.45, 7) is 8.36. The van der Waals surface area contributed by atoms with Crippen molar-refractivity contribution in [2.75, 3.05) is 23.8 Å². The summed E-state index contributed by atoms with van der Waals surface area (Å²) in [5.41, 5.74) is 1.83. The zero-order chi connectivity index (χ0) is 41.2. The first-order valence-electron chi connectivity index (χ1n) is 20.3. The molecule has 0 saturated carbocycles. The number of rotatable bonds is 24. The molecule has 0 fully saturated rings. The molecule has 8 heteroatoms. The van der Waals surface area contributed by atoms with Gasteiger partial charge in [0.15, 0.2) is 0 Å². The summed E-state index contributed by atoms with van der Waals surface area (Å²) in [5.74, 6) is 2.57. The lowest BCUT2D eigenvalue weighted by molar-refractivity contribution is 0.0486. The number of hydrogen-bond acceptors (Lipinski definition) is 6. The topological polar surface area (TPSA) is 111 Å². The van der Waals surface area contributed by atoms with Crippen molar-refractivity contribution < 1.29 is 28.7 Å². The molecule has 0 radical (unpaired) electrons. The third kappa shape index (κ3) is 20.9. The first-order valence-corrected chi connectivity index (χ1v) is 20.3. The van der Waals surface area contributed by atoms with E-state index < -0.39 is 23.8 Å². The molecule has 3 aromatic rings. The molecule has 0 saturated heterocycles. The molecule has 0 unspecified atom stereocenters. The largest absolute Gasteiger partial charge is 0.462 e. The molecule has 2 amide bonds. The van der Waals surface area contributed by atoms with Gasteiger partial charge in [0.05, 0.1) is 35.5 Å². The molecular formula is C48H64N2O6. The maximum atomic E-state index is 13.2. The summed E-state index contributed by atoms with van der Waals surface area (Å²) in [6.07, 6.45) is 27.6. The quantitative estimate of drug-likeness (QED) is 0.0534. The van der Waals surface area contributed by atoms with E-state index in [0.717, 1.165) is 38.5 Å². The number of ether oxygens (including phenoxy) is 2. The molecule has 0 atom stereocenters. The lowest BCUT2D eigenvalue weighted by Crippen LogP contribution is -2.18. The van der Waals surface area contributed by atoms with Crippen LogP contribution in [0.2, 0.25) is 0 Å². The number of nitrogens with one attached hydrogen (secondary N) is 2. The van der Waals surface area contributed by atoms with Gasteiger partial charge in [-0.15, -0.1) is 24.7 Å². The van der Waals surface area contributed by atoms with E-state index >= 15 is 0 Å². The molecule has 3 aromatic carbocycles. The lowest BCUT2D eigenvalue weighted by Gasteiger charge is -2.12. The Morgan fingerprint density at radius 2 is 0.732 bits per heavy atom. The highest BCUT2D eigenvalue weighted by molar-refractivity contribution is 6.12. The highest BCUT2D eigenvalue weighted by Crippen LogP contribution is 2.20. The normalized spacial score (nSPS) is 9.89. The SMILES string of the molecule is C#CC.C#CC.CCCCCCCCCCOC(=O)c1ccccc1C(=O)Nc1ccc(NC(=O)c2ccccc2C(=O)OCCCCCCCCCC)cc1. The van der Waals surface area contributed by atoms with Crippen LogP contribution in [-0.2, 0) is 9.47 Å². The third-order valence-corrected chi connectivity index (χ3v) is 8.65. The molecule has 0 bridgehead atoms. The van der Waals surface area contributed by atoms with Gasteiger partial charge in [-0.25, -0.2) is 9.59 Å². The standard InChI is InChI=1S/C42H56N2O6.2C3H4/c1-3-5-7-9-11-13-15-21-31-49-41(47)37-25-19-17-23-35(37)39(45)43-33-27-29-34(30-28-33)44-40(46)36-24-18-20-26-38(36)42(48)50-32-22-16-14-12-10-8-6-4-2;2*1-3-2/h17-20,23-30H,3-16,21-22,31-32H2,1-2H3,(H,43,45)(H,44,46);2*1H,2H3. The van der Waals surface area contributed by atoms with E-state index in [1.807, 2.05) is 0 Å². The summed E-state index contributed by atoms with van der Waals surface area (Å²) in [6, 6.07) is 19.8. The Bertz CT molecular complexity index is 1530. The average Bonchev–Trinajstić information content (AvgIpc) is 3.20. The second kappa shape index (κ2) is 32.0. The number of hydrogen-bond donors (Lipinski definition) is 2. The maximum Gasteiger partial charge on any atom is 0.338 e. The first kappa shape index (κ1) is 48.7. The fourth-order valence-electron chi connectivity index (χ4n) is 5.71. The lowest BCUT2D eigenvalue weighted by atomic mass is 10.1. The number of carbonyl (C=O) groups is 4. The highest BCUT2D eigenvalue weighted by atomic mass is 16.5. The minimum Gasteiger partial charge on any atom is -0.462 e. The molecule has 0 aromatic heterocycles. The Kier molecular flexibility index (Phi) is 27.8. The minimum atomic E-state index is -0.519. The van der Waals surface area contributed by atoms with Crippen molar-refractivity contribution in [3.05, 3.63) is 95.1 Å². The molecule has 0 heterocycles. The molecule has 0 aliphatic rings. The molecule has 2 N–H and O–H groups in total. The second-order valence-electron chi connectivity index (χ2n) is 13.4. The summed E-state index contributed by atoms with van der Waals surface area (Å²) in [7, 11) is 0. The van der Waals surface area contributed by atoms with Gasteiger partial charge < -0.3 is 20.1 Å². The Hall–Kier alpha value is -5.34. The fraction of sp³-hybridized carbons (Fsp3) is 0.458.